The van der Waals surface area contributed by atoms with Crippen molar-refractivity contribution < 1.29 is 34.5 Å². The maximum Gasteiger partial charge on any atom is 0.326 e. The predicted octanol–water partition coefficient (Wildman–Crippen LogP) is 2.73. The van der Waals surface area contributed by atoms with Crippen molar-refractivity contribution in [2.24, 2.45) is 33.7 Å². The summed E-state index contributed by atoms with van der Waals surface area (Å²) in [7, 11) is 0. The molecule has 9 nitrogen and oxygen atoms in total. The highest BCUT2D eigenvalue weighted by Crippen LogP contribution is 2.67. The lowest BCUT2D eigenvalue weighted by molar-refractivity contribution is -0.147. The number of aliphatic carboxylic acids is 2. The smallest absolute Gasteiger partial charge is 0.326 e. The molecule has 0 bridgehead atoms. The summed E-state index contributed by atoms with van der Waals surface area (Å²) < 4.78 is 0. The first kappa shape index (κ1) is 26.2. The van der Waals surface area contributed by atoms with Gasteiger partial charge in [-0.05, 0) is 80.6 Å². The normalized spacial score (nSPS) is 39.0. The van der Waals surface area contributed by atoms with E-state index in [2.05, 4.69) is 36.3 Å². The van der Waals surface area contributed by atoms with Gasteiger partial charge in [0.25, 0.3) is 5.91 Å². The number of hydrogen-bond acceptors (Lipinski definition) is 6. The van der Waals surface area contributed by atoms with Gasteiger partial charge in [0, 0.05) is 5.41 Å². The fourth-order valence-electron chi connectivity index (χ4n) is 7.68. The van der Waals surface area contributed by atoms with Crippen molar-refractivity contribution in [3.63, 3.8) is 0 Å². The molecule has 7 atom stereocenters. The monoisotopic (exact) mass is 500 g/mol. The van der Waals surface area contributed by atoms with E-state index in [0.29, 0.717) is 30.6 Å². The number of carbonyl (C=O) groups is 3. The number of carboxylic acid groups (broad SMARTS) is 2. The Morgan fingerprint density at radius 1 is 1.17 bits per heavy atom. The largest absolute Gasteiger partial charge is 0.481 e. The van der Waals surface area contributed by atoms with E-state index in [-0.39, 0.29) is 10.8 Å². The maximum absolute atomic E-state index is 12.0. The Labute approximate surface area is 211 Å². The molecule has 0 unspecified atom stereocenters. The minimum Gasteiger partial charge on any atom is -0.481 e. The van der Waals surface area contributed by atoms with Crippen LogP contribution in [-0.4, -0.2) is 57.1 Å². The molecule has 4 aliphatic carbocycles. The predicted molar refractivity (Wildman–Crippen MR) is 131 cm³/mol. The van der Waals surface area contributed by atoms with Crippen LogP contribution in [0.5, 0.6) is 0 Å². The van der Waals surface area contributed by atoms with Crippen molar-refractivity contribution >= 4 is 23.6 Å². The van der Waals surface area contributed by atoms with Gasteiger partial charge in [-0.2, -0.15) is 0 Å². The molecule has 4 N–H and O–H groups in total. The van der Waals surface area contributed by atoms with Gasteiger partial charge >= 0.3 is 11.9 Å². The molecule has 1 amide bonds. The van der Waals surface area contributed by atoms with Crippen LogP contribution in [0.3, 0.4) is 0 Å². The number of carboxylic acids is 2. The van der Waals surface area contributed by atoms with Crippen molar-refractivity contribution in [1.82, 2.24) is 5.32 Å². The summed E-state index contributed by atoms with van der Waals surface area (Å²) in [4.78, 5) is 39.1. The van der Waals surface area contributed by atoms with Gasteiger partial charge in [-0.3, -0.25) is 9.59 Å². The van der Waals surface area contributed by atoms with Gasteiger partial charge in [-0.1, -0.05) is 30.5 Å². The molecule has 4 rings (SSSR count). The summed E-state index contributed by atoms with van der Waals surface area (Å²) in [6, 6.07) is -1.52. The summed E-state index contributed by atoms with van der Waals surface area (Å²) in [5.74, 6) is 0.754. The number of fused-ring (bicyclic) bond motifs is 5. The molecule has 0 aromatic carbocycles. The summed E-state index contributed by atoms with van der Waals surface area (Å²) in [5.41, 5.74) is 0.928. The molecule has 36 heavy (non-hydrogen) atoms. The number of oxime groups is 1. The first-order chi connectivity index (χ1) is 16.9. The van der Waals surface area contributed by atoms with E-state index in [1.807, 2.05) is 0 Å². The van der Waals surface area contributed by atoms with E-state index < -0.39 is 42.5 Å². The van der Waals surface area contributed by atoms with Gasteiger partial charge < -0.3 is 25.5 Å². The third-order valence-electron chi connectivity index (χ3n) is 9.76. The maximum atomic E-state index is 12.0. The number of hydrogen-bond donors (Lipinski definition) is 4. The zero-order chi connectivity index (χ0) is 26.3. The van der Waals surface area contributed by atoms with Crippen LogP contribution in [0.2, 0.25) is 0 Å². The van der Waals surface area contributed by atoms with Gasteiger partial charge in [0.05, 0.1) is 12.1 Å². The number of nitrogens with zero attached hydrogens (tertiary/aromatic N) is 1. The van der Waals surface area contributed by atoms with Gasteiger partial charge in [0.15, 0.2) is 6.61 Å². The molecule has 0 aliphatic heterocycles. The quantitative estimate of drug-likeness (QED) is 0.311. The number of rotatable bonds is 7. The topological polar surface area (TPSA) is 146 Å². The Balaban J connectivity index is 1.40. The molecule has 0 radical (unpaired) electrons. The zero-order valence-corrected chi connectivity index (χ0v) is 21.0. The number of terminal acetylenes is 1. The number of carbonyl (C=O) groups excluding carboxylic acids is 1. The lowest BCUT2D eigenvalue weighted by Crippen LogP contribution is -2.54. The lowest BCUT2D eigenvalue weighted by Gasteiger charge is -2.58. The molecular formula is C27H36N2O7. The van der Waals surface area contributed by atoms with Gasteiger partial charge in [0.1, 0.15) is 11.6 Å². The average Bonchev–Trinajstić information content (AvgIpc) is 3.09. The second-order valence-corrected chi connectivity index (χ2v) is 11.4. The second-order valence-electron chi connectivity index (χ2n) is 11.4. The van der Waals surface area contributed by atoms with Crippen molar-refractivity contribution in [3.8, 4) is 12.3 Å². The summed E-state index contributed by atoms with van der Waals surface area (Å²) in [5, 5.41) is 35.2. The van der Waals surface area contributed by atoms with Crippen molar-refractivity contribution in [1.29, 1.82) is 0 Å². The Bertz CT molecular complexity index is 1050. The highest BCUT2D eigenvalue weighted by molar-refractivity contribution is 5.96. The van der Waals surface area contributed by atoms with Crippen LogP contribution in [0.15, 0.2) is 16.8 Å². The number of aliphatic hydroxyl groups is 1. The van der Waals surface area contributed by atoms with Crippen molar-refractivity contribution in [3.05, 3.63) is 11.6 Å². The number of allylic oxidation sites excluding steroid dienone is 2. The van der Waals surface area contributed by atoms with E-state index >= 15 is 0 Å². The van der Waals surface area contributed by atoms with Gasteiger partial charge in [-0.25, -0.2) is 4.79 Å². The molecule has 9 heteroatoms. The molecule has 3 saturated carbocycles. The molecule has 0 heterocycles. The van der Waals surface area contributed by atoms with Crippen LogP contribution in [0.25, 0.3) is 0 Å². The molecule has 196 valence electrons. The third-order valence-corrected chi connectivity index (χ3v) is 9.76. The van der Waals surface area contributed by atoms with Crippen LogP contribution in [0, 0.1) is 40.9 Å². The lowest BCUT2D eigenvalue weighted by atomic mass is 9.46. The van der Waals surface area contributed by atoms with E-state index in [9.17, 15) is 19.5 Å². The molecule has 0 aromatic heterocycles. The average molecular weight is 501 g/mol. The molecule has 3 fully saturated rings. The van der Waals surface area contributed by atoms with Gasteiger partial charge in [0.2, 0.25) is 0 Å². The highest BCUT2D eigenvalue weighted by atomic mass is 16.6. The Morgan fingerprint density at radius 3 is 2.56 bits per heavy atom. The summed E-state index contributed by atoms with van der Waals surface area (Å²) >= 11 is 0. The second kappa shape index (κ2) is 9.55. The number of nitrogens with one attached hydrogen (secondary N) is 1. The van der Waals surface area contributed by atoms with E-state index in [0.717, 1.165) is 44.2 Å². The third kappa shape index (κ3) is 4.40. The first-order valence-electron chi connectivity index (χ1n) is 12.8. The Morgan fingerprint density at radius 2 is 1.89 bits per heavy atom. The molecule has 0 saturated heterocycles. The summed E-state index contributed by atoms with van der Waals surface area (Å²) in [6.07, 6.45) is 14.4. The number of amides is 1. The van der Waals surface area contributed by atoms with E-state index in [4.69, 9.17) is 21.5 Å². The minimum atomic E-state index is -1.52. The van der Waals surface area contributed by atoms with Crippen molar-refractivity contribution in [2.45, 2.75) is 83.3 Å². The van der Waals surface area contributed by atoms with Crippen molar-refractivity contribution in [2.75, 3.05) is 6.61 Å². The zero-order valence-electron chi connectivity index (χ0n) is 21.0. The Hall–Kier alpha value is -2.86. The Kier molecular flexibility index (Phi) is 6.95. The SMILES string of the molecule is C#C[C@@]1(O)CC[C@@H]2[C@H]3CCC4=C/C(=N/OCC(=O)N[C@H](CC(=O)O)C(=O)O)CC[C@]4(C)[C@H]3CC[C@@]21C. The van der Waals surface area contributed by atoms with Gasteiger partial charge in [-0.15, -0.1) is 6.42 Å². The molecule has 0 spiro atoms. The van der Waals surface area contributed by atoms with E-state index in [1.54, 1.807) is 0 Å². The van der Waals surface area contributed by atoms with Crippen LogP contribution in [0.4, 0.5) is 0 Å². The molecule has 0 aromatic rings. The van der Waals surface area contributed by atoms with E-state index in [1.165, 1.54) is 5.57 Å². The summed E-state index contributed by atoms with van der Waals surface area (Å²) in [6.45, 7) is 4.05. The fourth-order valence-corrected chi connectivity index (χ4v) is 7.68. The van der Waals surface area contributed by atoms with Crippen LogP contribution >= 0.6 is 0 Å². The molecule has 4 aliphatic rings. The highest BCUT2D eigenvalue weighted by Gasteiger charge is 2.63. The van der Waals surface area contributed by atoms with Crippen LogP contribution in [0.1, 0.15) is 71.6 Å². The fraction of sp³-hybridized carbons (Fsp3) is 0.704. The minimum absolute atomic E-state index is 0.0586. The molecular weight excluding hydrogens is 464 g/mol. The standard InChI is InChI=1S/C27H36N2O7/c1-4-27(35)12-9-20-18-6-5-16-13-17(7-10-25(16,2)19(18)8-11-26(20,27)3)29-36-15-22(30)28-21(24(33)34)14-23(31)32/h1,13,18-21,35H,5-12,14-15H2,2-3H3,(H,28,30)(H,31,32)(H,33,34)/b29-17+/t18-,19-,20+,21+,25-,26-,27+/m0/s1. The first-order valence-corrected chi connectivity index (χ1v) is 12.8. The van der Waals surface area contributed by atoms with Crippen LogP contribution < -0.4 is 5.32 Å². The van der Waals surface area contributed by atoms with Crippen LogP contribution in [-0.2, 0) is 19.2 Å².